The molecule has 0 aliphatic carbocycles. The molecule has 1 aliphatic heterocycles. The number of aliphatic carboxylic acids is 2. The monoisotopic (exact) mass is 361 g/mol. The molecule has 7 nitrogen and oxygen atoms in total. The lowest BCUT2D eigenvalue weighted by Crippen LogP contribution is -2.67. The van der Waals surface area contributed by atoms with Gasteiger partial charge in [0.05, 0.1) is 23.5 Å². The van der Waals surface area contributed by atoms with Crippen molar-refractivity contribution in [3.8, 4) is 0 Å². The quantitative estimate of drug-likeness (QED) is 0.404. The standard InChI is InChI=1S/C14H23NO6SSi/c1-14(2,3)23(4,5)15-9(16)7-10(15)22-8(6-11(17)18)12(19)13(20)21/h8,10H,6-7H2,1-5H3,(H,17,18)(H,20,21). The van der Waals surface area contributed by atoms with Crippen molar-refractivity contribution >= 4 is 43.6 Å². The molecule has 1 aliphatic rings. The number of carbonyl (C=O) groups excluding carboxylic acids is 2. The third-order valence-corrected chi connectivity index (χ3v) is 11.6. The number of hydrogen-bond donors (Lipinski definition) is 2. The Kier molecular flexibility index (Phi) is 5.68. The molecule has 0 radical (unpaired) electrons. The van der Waals surface area contributed by atoms with Crippen LogP contribution in [0.5, 0.6) is 0 Å². The van der Waals surface area contributed by atoms with Crippen LogP contribution in [0.2, 0.25) is 18.1 Å². The van der Waals surface area contributed by atoms with Gasteiger partial charge in [-0.05, 0) is 5.04 Å². The van der Waals surface area contributed by atoms with E-state index in [9.17, 15) is 19.2 Å². The van der Waals surface area contributed by atoms with Crippen molar-refractivity contribution in [3.63, 3.8) is 0 Å². The third kappa shape index (κ3) is 4.14. The second-order valence-electron chi connectivity index (χ2n) is 7.12. The van der Waals surface area contributed by atoms with E-state index in [1.165, 1.54) is 0 Å². The molecule has 23 heavy (non-hydrogen) atoms. The Balaban J connectivity index is 2.96. The summed E-state index contributed by atoms with van der Waals surface area (Å²) in [5.41, 5.74) is 0. The van der Waals surface area contributed by atoms with Crippen LogP contribution in [0.1, 0.15) is 33.6 Å². The molecule has 2 atom stereocenters. The normalized spacial score (nSPS) is 20.0. The molecular formula is C14H23NO6SSi. The zero-order valence-electron chi connectivity index (χ0n) is 14.0. The second kappa shape index (κ2) is 6.64. The van der Waals surface area contributed by atoms with E-state index in [1.807, 2.05) is 33.9 Å². The molecule has 1 heterocycles. The molecule has 1 rings (SSSR count). The Morgan fingerprint density at radius 3 is 2.17 bits per heavy atom. The Morgan fingerprint density at radius 1 is 1.30 bits per heavy atom. The number of ketones is 1. The van der Waals surface area contributed by atoms with Crippen molar-refractivity contribution in [2.75, 3.05) is 0 Å². The topological polar surface area (TPSA) is 112 Å². The summed E-state index contributed by atoms with van der Waals surface area (Å²) in [6.45, 7) is 10.2. The third-order valence-electron chi connectivity index (χ3n) is 4.53. The van der Waals surface area contributed by atoms with Gasteiger partial charge in [-0.2, -0.15) is 0 Å². The SMILES string of the molecule is CC(C)(C)[Si](C)(C)N1C(=O)CC1SC(CC(=O)O)C(=O)C(=O)O. The zero-order chi connectivity index (χ0) is 18.2. The first-order valence-electron chi connectivity index (χ1n) is 7.25. The summed E-state index contributed by atoms with van der Waals surface area (Å²) in [5, 5.41) is 16.1. The van der Waals surface area contributed by atoms with Crippen LogP contribution in [-0.4, -0.2) is 57.3 Å². The highest BCUT2D eigenvalue weighted by atomic mass is 32.2. The van der Waals surface area contributed by atoms with Crippen molar-refractivity contribution in [3.05, 3.63) is 0 Å². The minimum absolute atomic E-state index is 0.0223. The molecule has 0 spiro atoms. The van der Waals surface area contributed by atoms with Gasteiger partial charge < -0.3 is 14.8 Å². The number of carbonyl (C=O) groups is 4. The van der Waals surface area contributed by atoms with Crippen LogP contribution in [0.4, 0.5) is 0 Å². The smallest absolute Gasteiger partial charge is 0.373 e. The molecular weight excluding hydrogens is 338 g/mol. The summed E-state index contributed by atoms with van der Waals surface area (Å²) in [4.78, 5) is 45.6. The van der Waals surface area contributed by atoms with Crippen molar-refractivity contribution < 1.29 is 29.4 Å². The summed E-state index contributed by atoms with van der Waals surface area (Å²) >= 11 is 0.980. The Labute approximate surface area is 140 Å². The molecule has 9 heteroatoms. The maximum Gasteiger partial charge on any atom is 0.373 e. The number of hydrogen-bond acceptors (Lipinski definition) is 5. The second-order valence-corrected chi connectivity index (χ2v) is 13.6. The molecule has 130 valence electrons. The number of carboxylic acid groups (broad SMARTS) is 2. The van der Waals surface area contributed by atoms with E-state index in [-0.39, 0.29) is 22.7 Å². The maximum atomic E-state index is 12.1. The van der Waals surface area contributed by atoms with Crippen molar-refractivity contribution in [2.45, 2.75) is 62.4 Å². The van der Waals surface area contributed by atoms with Gasteiger partial charge in [-0.3, -0.25) is 14.4 Å². The van der Waals surface area contributed by atoms with E-state index in [1.54, 1.807) is 4.57 Å². The largest absolute Gasteiger partial charge is 0.481 e. The van der Waals surface area contributed by atoms with Crippen molar-refractivity contribution in [2.24, 2.45) is 0 Å². The van der Waals surface area contributed by atoms with Crippen LogP contribution in [-0.2, 0) is 19.2 Å². The van der Waals surface area contributed by atoms with E-state index >= 15 is 0 Å². The van der Waals surface area contributed by atoms with Gasteiger partial charge in [0, 0.05) is 0 Å². The van der Waals surface area contributed by atoms with Gasteiger partial charge in [0.1, 0.15) is 0 Å². The van der Waals surface area contributed by atoms with Gasteiger partial charge in [0.25, 0.3) is 5.78 Å². The van der Waals surface area contributed by atoms with Gasteiger partial charge in [-0.1, -0.05) is 33.9 Å². The molecule has 2 unspecified atom stereocenters. The Morgan fingerprint density at radius 2 is 1.83 bits per heavy atom. The summed E-state index contributed by atoms with van der Waals surface area (Å²) < 4.78 is 1.77. The number of carboxylic acids is 2. The predicted molar refractivity (Wildman–Crippen MR) is 88.7 cm³/mol. The van der Waals surface area contributed by atoms with E-state index in [0.29, 0.717) is 0 Å². The molecule has 0 saturated carbocycles. The lowest BCUT2D eigenvalue weighted by atomic mass is 10.2. The highest BCUT2D eigenvalue weighted by Gasteiger charge is 2.53. The number of amides is 1. The molecule has 0 aromatic rings. The number of nitrogens with zero attached hydrogens (tertiary/aromatic N) is 1. The molecule has 0 aromatic carbocycles. The summed E-state index contributed by atoms with van der Waals surface area (Å²) in [5.74, 6) is -4.03. The van der Waals surface area contributed by atoms with Gasteiger partial charge in [-0.15, -0.1) is 11.8 Å². The number of thioether (sulfide) groups is 1. The highest BCUT2D eigenvalue weighted by molar-refractivity contribution is 8.01. The van der Waals surface area contributed by atoms with E-state index < -0.39 is 37.6 Å². The van der Waals surface area contributed by atoms with E-state index in [0.717, 1.165) is 11.8 Å². The van der Waals surface area contributed by atoms with E-state index in [4.69, 9.17) is 10.2 Å². The predicted octanol–water partition coefficient (Wildman–Crippen LogP) is 1.78. The van der Waals surface area contributed by atoms with Gasteiger partial charge in [-0.25, -0.2) is 4.79 Å². The first kappa shape index (κ1) is 19.7. The fourth-order valence-electron chi connectivity index (χ4n) is 2.22. The van der Waals surface area contributed by atoms with Crippen LogP contribution in [0.3, 0.4) is 0 Å². The lowest BCUT2D eigenvalue weighted by molar-refractivity contribution is -0.149. The Hall–Kier alpha value is -1.35. The van der Waals surface area contributed by atoms with Crippen molar-refractivity contribution in [1.29, 1.82) is 0 Å². The average molecular weight is 361 g/mol. The van der Waals surface area contributed by atoms with Gasteiger partial charge in [0.15, 0.2) is 8.24 Å². The maximum absolute atomic E-state index is 12.1. The lowest BCUT2D eigenvalue weighted by Gasteiger charge is -2.54. The number of Topliss-reactive ketones (excluding diaryl/α,β-unsaturated/α-hetero) is 1. The van der Waals surface area contributed by atoms with Crippen molar-refractivity contribution in [1.82, 2.24) is 4.57 Å². The molecule has 2 N–H and O–H groups in total. The summed E-state index contributed by atoms with van der Waals surface area (Å²) in [6, 6.07) is 0. The van der Waals surface area contributed by atoms with Crippen LogP contribution >= 0.6 is 11.8 Å². The minimum Gasteiger partial charge on any atom is -0.481 e. The molecule has 0 bridgehead atoms. The van der Waals surface area contributed by atoms with Gasteiger partial charge in [0.2, 0.25) is 5.91 Å². The van der Waals surface area contributed by atoms with Crippen LogP contribution < -0.4 is 0 Å². The summed E-state index contributed by atoms with van der Waals surface area (Å²) in [7, 11) is -2.16. The first-order valence-corrected chi connectivity index (χ1v) is 11.1. The molecule has 1 fully saturated rings. The van der Waals surface area contributed by atoms with E-state index in [2.05, 4.69) is 0 Å². The Bertz CT molecular complexity index is 542. The molecule has 1 amide bonds. The number of β-lactam (4-membered cyclic amide) rings is 1. The first-order chi connectivity index (χ1) is 10.3. The molecule has 1 saturated heterocycles. The summed E-state index contributed by atoms with van der Waals surface area (Å²) in [6.07, 6.45) is -0.355. The fraction of sp³-hybridized carbons (Fsp3) is 0.714. The van der Waals surface area contributed by atoms with Crippen LogP contribution in [0.25, 0.3) is 0 Å². The van der Waals surface area contributed by atoms with Gasteiger partial charge >= 0.3 is 11.9 Å². The number of rotatable bonds is 7. The average Bonchev–Trinajstić information content (AvgIpc) is 2.33. The minimum atomic E-state index is -2.16. The zero-order valence-corrected chi connectivity index (χ0v) is 15.8. The highest BCUT2D eigenvalue weighted by Crippen LogP contribution is 2.46. The van der Waals surface area contributed by atoms with Crippen LogP contribution in [0.15, 0.2) is 0 Å². The molecule has 0 aromatic heterocycles. The van der Waals surface area contributed by atoms with Crippen LogP contribution in [0, 0.1) is 0 Å². The fourth-order valence-corrected chi connectivity index (χ4v) is 6.76.